The van der Waals surface area contributed by atoms with Gasteiger partial charge in [0.05, 0.1) is 13.3 Å². The van der Waals surface area contributed by atoms with Crippen LogP contribution in [0.2, 0.25) is 0 Å². The summed E-state index contributed by atoms with van der Waals surface area (Å²) >= 11 is 0. The zero-order chi connectivity index (χ0) is 13.4. The summed E-state index contributed by atoms with van der Waals surface area (Å²) in [4.78, 5) is 14.3. The number of nitrogens with one attached hydrogen (secondary N) is 2. The van der Waals surface area contributed by atoms with Gasteiger partial charge in [0.25, 0.3) is 0 Å². The maximum atomic E-state index is 11.7. The zero-order valence-electron chi connectivity index (χ0n) is 9.78. The van der Waals surface area contributed by atoms with E-state index >= 15 is 0 Å². The molecular formula is C9H16N4O5. The molecule has 0 bridgehead atoms. The third-order valence-electron chi connectivity index (χ3n) is 3.06. The Bertz CT molecular complexity index is 365. The second-order valence-electron chi connectivity index (χ2n) is 4.32. The summed E-state index contributed by atoms with van der Waals surface area (Å²) in [5.41, 5.74) is 0. The first kappa shape index (κ1) is 13.0. The second-order valence-corrected chi connectivity index (χ2v) is 4.32. The number of aliphatic hydroxyl groups excluding tert-OH is 3. The van der Waals surface area contributed by atoms with Crippen molar-refractivity contribution in [3.63, 3.8) is 0 Å². The number of carbonyl (C=O) groups is 1. The van der Waals surface area contributed by atoms with Gasteiger partial charge in [0.15, 0.2) is 12.2 Å². The minimum atomic E-state index is -1.30. The van der Waals surface area contributed by atoms with Gasteiger partial charge in [-0.25, -0.2) is 4.79 Å². The Balaban J connectivity index is 2.12. The number of ether oxygens (including phenoxy) is 1. The molecule has 2 unspecified atom stereocenters. The number of carbonyl (C=O) groups excluding carboxylic acids is 1. The van der Waals surface area contributed by atoms with Crippen LogP contribution in [-0.2, 0) is 4.74 Å². The molecule has 0 aromatic heterocycles. The molecule has 2 aliphatic rings. The lowest BCUT2D eigenvalue weighted by Crippen LogP contribution is -2.62. The maximum Gasteiger partial charge on any atom is 0.327 e. The van der Waals surface area contributed by atoms with Gasteiger partial charge in [0.2, 0.25) is 0 Å². The van der Waals surface area contributed by atoms with Gasteiger partial charge in [-0.15, -0.1) is 0 Å². The molecule has 102 valence electrons. The molecule has 2 fully saturated rings. The number of urea groups is 1. The minimum Gasteiger partial charge on any atom is -0.394 e. The van der Waals surface area contributed by atoms with Crippen LogP contribution in [0.25, 0.3) is 0 Å². The van der Waals surface area contributed by atoms with Crippen LogP contribution in [-0.4, -0.2) is 82.0 Å². The van der Waals surface area contributed by atoms with E-state index < -0.39 is 37.2 Å². The number of guanidine groups is 1. The van der Waals surface area contributed by atoms with E-state index in [9.17, 15) is 15.0 Å². The molecule has 0 aromatic carbocycles. The quantitative estimate of drug-likeness (QED) is 0.367. The van der Waals surface area contributed by atoms with Crippen LogP contribution in [0, 0.1) is 5.41 Å². The monoisotopic (exact) mass is 260 g/mol. The summed E-state index contributed by atoms with van der Waals surface area (Å²) in [6.45, 7) is -0.396. The molecule has 5 N–H and O–H groups in total. The van der Waals surface area contributed by atoms with Crippen molar-refractivity contribution in [2.75, 3.05) is 20.3 Å². The molecule has 0 spiro atoms. The number of hydrogen-bond acceptors (Lipinski definition) is 6. The summed E-state index contributed by atoms with van der Waals surface area (Å²) in [5.74, 6) is -0.0528. The normalized spacial score (nSPS) is 37.1. The highest BCUT2D eigenvalue weighted by molar-refractivity contribution is 5.96. The fraction of sp³-hybridized carbons (Fsp3) is 0.778. The van der Waals surface area contributed by atoms with Crippen molar-refractivity contribution in [2.45, 2.75) is 24.5 Å². The minimum absolute atomic E-state index is 0.0528. The Labute approximate surface area is 103 Å². The molecule has 0 aromatic rings. The largest absolute Gasteiger partial charge is 0.394 e. The number of amides is 2. The van der Waals surface area contributed by atoms with E-state index in [4.69, 9.17) is 15.3 Å². The molecule has 2 heterocycles. The van der Waals surface area contributed by atoms with Crippen molar-refractivity contribution in [3.8, 4) is 0 Å². The van der Waals surface area contributed by atoms with Crippen LogP contribution in [0.3, 0.4) is 0 Å². The second kappa shape index (κ2) is 4.69. The Morgan fingerprint density at radius 1 is 1.50 bits per heavy atom. The summed E-state index contributed by atoms with van der Waals surface area (Å²) in [5, 5.41) is 38.1. The average Bonchev–Trinajstić information content (AvgIpc) is 2.61. The van der Waals surface area contributed by atoms with E-state index in [-0.39, 0.29) is 12.6 Å². The van der Waals surface area contributed by atoms with E-state index in [2.05, 4.69) is 5.32 Å². The topological polar surface area (TPSA) is 129 Å². The SMILES string of the molecule is CN1CN([C@@H]2O[C@H](CO)C(O)C2O)C(=O)NC1=N. The maximum absolute atomic E-state index is 11.7. The number of aliphatic hydroxyl groups is 3. The van der Waals surface area contributed by atoms with Crippen LogP contribution in [0.15, 0.2) is 0 Å². The van der Waals surface area contributed by atoms with Gasteiger partial charge in [-0.2, -0.15) is 0 Å². The molecule has 4 atom stereocenters. The third-order valence-corrected chi connectivity index (χ3v) is 3.06. The molecule has 0 radical (unpaired) electrons. The molecule has 0 aliphatic carbocycles. The van der Waals surface area contributed by atoms with Crippen molar-refractivity contribution in [1.82, 2.24) is 15.1 Å². The molecular weight excluding hydrogens is 244 g/mol. The van der Waals surface area contributed by atoms with Gasteiger partial charge in [-0.3, -0.25) is 15.6 Å². The predicted octanol–water partition coefficient (Wildman–Crippen LogP) is -2.73. The summed E-state index contributed by atoms with van der Waals surface area (Å²) < 4.78 is 5.25. The molecule has 18 heavy (non-hydrogen) atoms. The lowest BCUT2D eigenvalue weighted by Gasteiger charge is -2.38. The van der Waals surface area contributed by atoms with Gasteiger partial charge in [-0.05, 0) is 0 Å². The highest BCUT2D eigenvalue weighted by Gasteiger charge is 2.47. The van der Waals surface area contributed by atoms with E-state index in [1.54, 1.807) is 7.05 Å². The predicted molar refractivity (Wildman–Crippen MR) is 58.5 cm³/mol. The van der Waals surface area contributed by atoms with Gasteiger partial charge < -0.3 is 25.0 Å². The standard InChI is InChI=1S/C9H16N4O5/c1-12-3-13(9(17)11-8(12)10)7-6(16)5(15)4(2-14)18-7/h4-7,14-16H,2-3H2,1H3,(H2,10,11,17)/t4-,5?,6?,7-/m1/s1. The average molecular weight is 260 g/mol. The highest BCUT2D eigenvalue weighted by Crippen LogP contribution is 2.24. The van der Waals surface area contributed by atoms with Crippen LogP contribution in [0.4, 0.5) is 4.79 Å². The van der Waals surface area contributed by atoms with E-state index in [1.165, 1.54) is 4.90 Å². The first-order chi connectivity index (χ1) is 8.45. The van der Waals surface area contributed by atoms with Crippen molar-refractivity contribution in [2.24, 2.45) is 0 Å². The molecule has 2 amide bonds. The Morgan fingerprint density at radius 3 is 2.72 bits per heavy atom. The first-order valence-electron chi connectivity index (χ1n) is 5.45. The lowest BCUT2D eigenvalue weighted by molar-refractivity contribution is -0.0886. The highest BCUT2D eigenvalue weighted by atomic mass is 16.6. The van der Waals surface area contributed by atoms with Crippen LogP contribution in [0.5, 0.6) is 0 Å². The fourth-order valence-corrected chi connectivity index (χ4v) is 1.97. The number of rotatable bonds is 2. The molecule has 9 nitrogen and oxygen atoms in total. The summed E-state index contributed by atoms with van der Waals surface area (Å²) in [6.07, 6.45) is -4.52. The van der Waals surface area contributed by atoms with Crippen molar-refractivity contribution < 1.29 is 24.9 Å². The zero-order valence-corrected chi connectivity index (χ0v) is 9.78. The van der Waals surface area contributed by atoms with Crippen molar-refractivity contribution in [1.29, 1.82) is 5.41 Å². The third kappa shape index (κ3) is 2.01. The van der Waals surface area contributed by atoms with Crippen LogP contribution >= 0.6 is 0 Å². The Kier molecular flexibility index (Phi) is 3.39. The number of hydrogen-bond donors (Lipinski definition) is 5. The summed E-state index contributed by atoms with van der Waals surface area (Å²) in [7, 11) is 1.59. The Hall–Kier alpha value is -1.42. The molecule has 9 heteroatoms. The Morgan fingerprint density at radius 2 is 2.17 bits per heavy atom. The molecule has 2 aliphatic heterocycles. The number of nitrogens with zero attached hydrogens (tertiary/aromatic N) is 2. The first-order valence-corrected chi connectivity index (χ1v) is 5.45. The fourth-order valence-electron chi connectivity index (χ4n) is 1.97. The molecule has 0 saturated carbocycles. The van der Waals surface area contributed by atoms with Gasteiger partial charge in [-0.1, -0.05) is 0 Å². The van der Waals surface area contributed by atoms with E-state index in [0.29, 0.717) is 0 Å². The van der Waals surface area contributed by atoms with E-state index in [1.807, 2.05) is 0 Å². The van der Waals surface area contributed by atoms with Gasteiger partial charge in [0.1, 0.15) is 18.3 Å². The smallest absolute Gasteiger partial charge is 0.327 e. The lowest BCUT2D eigenvalue weighted by atomic mass is 10.1. The van der Waals surface area contributed by atoms with Crippen molar-refractivity contribution >= 4 is 12.0 Å². The summed E-state index contributed by atoms with van der Waals surface area (Å²) in [6, 6.07) is -0.590. The molecule has 2 rings (SSSR count). The van der Waals surface area contributed by atoms with E-state index in [0.717, 1.165) is 4.90 Å². The van der Waals surface area contributed by atoms with Crippen molar-refractivity contribution in [3.05, 3.63) is 0 Å². The van der Waals surface area contributed by atoms with Crippen LogP contribution in [0.1, 0.15) is 0 Å². The van der Waals surface area contributed by atoms with Crippen LogP contribution < -0.4 is 5.32 Å². The van der Waals surface area contributed by atoms with Gasteiger partial charge >= 0.3 is 6.03 Å². The van der Waals surface area contributed by atoms with Gasteiger partial charge in [0, 0.05) is 7.05 Å². The molecule has 2 saturated heterocycles.